The molecule has 0 atom stereocenters. The van der Waals surface area contributed by atoms with Crippen LogP contribution in [-0.4, -0.2) is 25.0 Å². The average Bonchev–Trinajstić information content (AvgIpc) is 2.54. The van der Waals surface area contributed by atoms with Gasteiger partial charge in [-0.3, -0.25) is 0 Å². The first-order valence-corrected chi connectivity index (χ1v) is 5.89. The van der Waals surface area contributed by atoms with Crippen molar-refractivity contribution < 1.29 is 0 Å². The van der Waals surface area contributed by atoms with Gasteiger partial charge in [0.25, 0.3) is 0 Å². The van der Waals surface area contributed by atoms with Crippen molar-refractivity contribution in [2.24, 2.45) is 11.3 Å². The molecule has 1 aliphatic heterocycles. The molecule has 0 spiro atoms. The normalized spacial score (nSPS) is 30.9. The van der Waals surface area contributed by atoms with E-state index in [-0.39, 0.29) is 0 Å². The SMILES string of the molecule is CN1CCC(C2(C)CCCC2)CC1. The summed E-state index contributed by atoms with van der Waals surface area (Å²) in [5.74, 6) is 1.03. The van der Waals surface area contributed by atoms with Crippen molar-refractivity contribution in [1.82, 2.24) is 4.90 Å². The molecule has 0 N–H and O–H groups in total. The number of rotatable bonds is 1. The summed E-state index contributed by atoms with van der Waals surface area (Å²) in [6.45, 7) is 5.20. The summed E-state index contributed by atoms with van der Waals surface area (Å²) in [5.41, 5.74) is 0.723. The van der Waals surface area contributed by atoms with Crippen LogP contribution in [0.5, 0.6) is 0 Å². The van der Waals surface area contributed by atoms with Gasteiger partial charge in [-0.25, -0.2) is 0 Å². The monoisotopic (exact) mass is 181 g/mol. The predicted octanol–water partition coefficient (Wildman–Crippen LogP) is 2.91. The zero-order chi connectivity index (χ0) is 9.31. The van der Waals surface area contributed by atoms with Gasteiger partial charge in [-0.15, -0.1) is 0 Å². The van der Waals surface area contributed by atoms with Gasteiger partial charge in [0.1, 0.15) is 0 Å². The molecule has 0 aromatic heterocycles. The van der Waals surface area contributed by atoms with E-state index in [0.29, 0.717) is 0 Å². The quantitative estimate of drug-likeness (QED) is 0.601. The fraction of sp³-hybridized carbons (Fsp3) is 1.00. The molecule has 1 saturated carbocycles. The first-order valence-electron chi connectivity index (χ1n) is 5.89. The third kappa shape index (κ3) is 1.90. The number of hydrogen-bond donors (Lipinski definition) is 0. The molecular weight excluding hydrogens is 158 g/mol. The molecule has 0 radical (unpaired) electrons. The molecule has 2 aliphatic rings. The van der Waals surface area contributed by atoms with Crippen molar-refractivity contribution in [3.8, 4) is 0 Å². The number of piperidine rings is 1. The highest BCUT2D eigenvalue weighted by atomic mass is 15.1. The maximum absolute atomic E-state index is 2.54. The molecule has 1 heterocycles. The Hall–Kier alpha value is -0.0400. The summed E-state index contributed by atoms with van der Waals surface area (Å²) in [6.07, 6.45) is 8.88. The van der Waals surface area contributed by atoms with Gasteiger partial charge in [-0.2, -0.15) is 0 Å². The summed E-state index contributed by atoms with van der Waals surface area (Å²) in [7, 11) is 2.26. The molecule has 0 amide bonds. The third-order valence-electron chi connectivity index (χ3n) is 4.45. The van der Waals surface area contributed by atoms with E-state index in [1.807, 2.05) is 0 Å². The van der Waals surface area contributed by atoms with Crippen molar-refractivity contribution in [2.75, 3.05) is 20.1 Å². The van der Waals surface area contributed by atoms with E-state index >= 15 is 0 Å². The summed E-state index contributed by atoms with van der Waals surface area (Å²) >= 11 is 0. The minimum Gasteiger partial charge on any atom is -0.306 e. The Balaban J connectivity index is 1.93. The van der Waals surface area contributed by atoms with E-state index in [9.17, 15) is 0 Å². The fourth-order valence-corrected chi connectivity index (χ4v) is 3.30. The smallest absolute Gasteiger partial charge is 0.00189 e. The standard InChI is InChI=1S/C12H23N/c1-12(7-3-4-8-12)11-5-9-13(2)10-6-11/h11H,3-10H2,1-2H3. The molecule has 2 rings (SSSR count). The van der Waals surface area contributed by atoms with Crippen molar-refractivity contribution in [2.45, 2.75) is 45.4 Å². The maximum Gasteiger partial charge on any atom is -0.00189 e. The van der Waals surface area contributed by atoms with Gasteiger partial charge in [0.15, 0.2) is 0 Å². The zero-order valence-corrected chi connectivity index (χ0v) is 9.18. The Labute approximate surface area is 82.5 Å². The van der Waals surface area contributed by atoms with Crippen LogP contribution in [0.3, 0.4) is 0 Å². The molecule has 0 aromatic rings. The molecule has 1 saturated heterocycles. The summed E-state index contributed by atoms with van der Waals surface area (Å²) < 4.78 is 0. The van der Waals surface area contributed by atoms with E-state index in [2.05, 4.69) is 18.9 Å². The first kappa shape index (κ1) is 9.51. The Bertz CT molecular complexity index is 162. The van der Waals surface area contributed by atoms with E-state index in [1.54, 1.807) is 0 Å². The van der Waals surface area contributed by atoms with Gasteiger partial charge in [-0.05, 0) is 57.2 Å². The van der Waals surface area contributed by atoms with Gasteiger partial charge >= 0.3 is 0 Å². The molecule has 1 nitrogen and oxygen atoms in total. The largest absolute Gasteiger partial charge is 0.306 e. The van der Waals surface area contributed by atoms with Crippen molar-refractivity contribution in [3.63, 3.8) is 0 Å². The van der Waals surface area contributed by atoms with E-state index in [0.717, 1.165) is 11.3 Å². The molecule has 13 heavy (non-hydrogen) atoms. The zero-order valence-electron chi connectivity index (χ0n) is 9.18. The molecule has 76 valence electrons. The summed E-state index contributed by atoms with van der Waals surface area (Å²) in [6, 6.07) is 0. The van der Waals surface area contributed by atoms with Crippen LogP contribution < -0.4 is 0 Å². The van der Waals surface area contributed by atoms with Crippen LogP contribution in [0.25, 0.3) is 0 Å². The third-order valence-corrected chi connectivity index (χ3v) is 4.45. The number of nitrogens with zero attached hydrogens (tertiary/aromatic N) is 1. The number of hydrogen-bond acceptors (Lipinski definition) is 1. The molecule has 0 unspecified atom stereocenters. The van der Waals surface area contributed by atoms with Crippen LogP contribution in [0.4, 0.5) is 0 Å². The van der Waals surface area contributed by atoms with Crippen LogP contribution in [0, 0.1) is 11.3 Å². The van der Waals surface area contributed by atoms with E-state index in [4.69, 9.17) is 0 Å². The summed E-state index contributed by atoms with van der Waals surface area (Å²) in [4.78, 5) is 2.48. The number of likely N-dealkylation sites (tertiary alicyclic amines) is 1. The Morgan fingerprint density at radius 2 is 1.62 bits per heavy atom. The second-order valence-electron chi connectivity index (χ2n) is 5.44. The Morgan fingerprint density at radius 1 is 1.08 bits per heavy atom. The fourth-order valence-electron chi connectivity index (χ4n) is 3.30. The predicted molar refractivity (Wildman–Crippen MR) is 56.8 cm³/mol. The molecule has 0 aromatic carbocycles. The average molecular weight is 181 g/mol. The van der Waals surface area contributed by atoms with Gasteiger partial charge in [-0.1, -0.05) is 19.8 Å². The van der Waals surface area contributed by atoms with Crippen LogP contribution in [-0.2, 0) is 0 Å². The van der Waals surface area contributed by atoms with Crippen LogP contribution >= 0.6 is 0 Å². The molecule has 1 heteroatoms. The highest BCUT2D eigenvalue weighted by Crippen LogP contribution is 2.47. The molecule has 0 bridgehead atoms. The highest BCUT2D eigenvalue weighted by Gasteiger charge is 2.37. The van der Waals surface area contributed by atoms with Gasteiger partial charge < -0.3 is 4.90 Å². The second kappa shape index (κ2) is 3.61. The van der Waals surface area contributed by atoms with E-state index < -0.39 is 0 Å². The lowest BCUT2D eigenvalue weighted by Crippen LogP contribution is -2.36. The van der Waals surface area contributed by atoms with Gasteiger partial charge in [0.05, 0.1) is 0 Å². The van der Waals surface area contributed by atoms with Crippen LogP contribution in [0.1, 0.15) is 45.4 Å². The molecule has 2 fully saturated rings. The van der Waals surface area contributed by atoms with Crippen molar-refractivity contribution >= 4 is 0 Å². The highest BCUT2D eigenvalue weighted by molar-refractivity contribution is 4.89. The van der Waals surface area contributed by atoms with Crippen LogP contribution in [0.2, 0.25) is 0 Å². The minimum atomic E-state index is 0.723. The van der Waals surface area contributed by atoms with Gasteiger partial charge in [0.2, 0.25) is 0 Å². The lowest BCUT2D eigenvalue weighted by Gasteiger charge is -2.39. The second-order valence-corrected chi connectivity index (χ2v) is 5.44. The Kier molecular flexibility index (Phi) is 2.64. The van der Waals surface area contributed by atoms with Gasteiger partial charge in [0, 0.05) is 0 Å². The van der Waals surface area contributed by atoms with Crippen LogP contribution in [0.15, 0.2) is 0 Å². The molecule has 1 aliphatic carbocycles. The minimum absolute atomic E-state index is 0.723. The maximum atomic E-state index is 2.54. The van der Waals surface area contributed by atoms with Crippen molar-refractivity contribution in [3.05, 3.63) is 0 Å². The van der Waals surface area contributed by atoms with Crippen molar-refractivity contribution in [1.29, 1.82) is 0 Å². The first-order chi connectivity index (χ1) is 6.21. The lowest BCUT2D eigenvalue weighted by atomic mass is 9.71. The molecular formula is C12H23N. The summed E-state index contributed by atoms with van der Waals surface area (Å²) in [5, 5.41) is 0. The Morgan fingerprint density at radius 3 is 2.15 bits per heavy atom. The van der Waals surface area contributed by atoms with E-state index in [1.165, 1.54) is 51.6 Å². The lowest BCUT2D eigenvalue weighted by molar-refractivity contribution is 0.105. The topological polar surface area (TPSA) is 3.24 Å².